The summed E-state index contributed by atoms with van der Waals surface area (Å²) in [5.41, 5.74) is 3.47. The molecule has 1 aromatic heterocycles. The van der Waals surface area contributed by atoms with Crippen LogP contribution >= 0.6 is 24.0 Å². The molecule has 0 spiro atoms. The Kier molecular flexibility index (Phi) is 5.53. The zero-order chi connectivity index (χ0) is 22.9. The number of anilines is 1. The fourth-order valence-corrected chi connectivity index (χ4v) is 5.17. The first-order valence-corrected chi connectivity index (χ1v) is 11.4. The Morgan fingerprint density at radius 3 is 2.55 bits per heavy atom. The van der Waals surface area contributed by atoms with Crippen molar-refractivity contribution in [2.45, 2.75) is 6.54 Å². The summed E-state index contributed by atoms with van der Waals surface area (Å²) in [5, 5.41) is 12.2. The molecule has 0 atom stereocenters. The summed E-state index contributed by atoms with van der Waals surface area (Å²) in [5.74, 6) is -0.287. The number of rotatable bonds is 5. The number of benzene rings is 3. The van der Waals surface area contributed by atoms with E-state index < -0.39 is 4.92 Å². The lowest BCUT2D eigenvalue weighted by atomic mass is 10.1. The van der Waals surface area contributed by atoms with E-state index in [0.717, 1.165) is 16.5 Å². The van der Waals surface area contributed by atoms with Gasteiger partial charge in [0.25, 0.3) is 11.6 Å². The minimum absolute atomic E-state index is 0.0884. The molecule has 2 heterocycles. The number of hydrogen-bond acceptors (Lipinski definition) is 5. The molecule has 1 aliphatic heterocycles. The number of para-hydroxylation sites is 1. The fourth-order valence-electron chi connectivity index (χ4n) is 3.88. The molecular formula is C25H17N3O3S2. The topological polar surface area (TPSA) is 68.4 Å². The highest BCUT2D eigenvalue weighted by Gasteiger charge is 2.34. The smallest absolute Gasteiger partial charge is 0.271 e. The number of non-ortho nitro benzene ring substituents is 1. The third kappa shape index (κ3) is 4.06. The molecule has 1 aliphatic rings. The molecule has 5 rings (SSSR count). The normalized spacial score (nSPS) is 15.0. The first-order valence-electron chi connectivity index (χ1n) is 10.2. The van der Waals surface area contributed by atoms with Gasteiger partial charge in [0, 0.05) is 41.3 Å². The van der Waals surface area contributed by atoms with Crippen LogP contribution in [-0.2, 0) is 11.3 Å². The largest absolute Gasteiger partial charge is 0.342 e. The number of carbonyl (C=O) groups is 1. The average Bonchev–Trinajstić information content (AvgIpc) is 3.31. The number of nitro benzene ring substituents is 1. The first-order chi connectivity index (χ1) is 16.0. The van der Waals surface area contributed by atoms with Crippen molar-refractivity contribution in [1.29, 1.82) is 0 Å². The second-order valence-corrected chi connectivity index (χ2v) is 9.18. The Morgan fingerprint density at radius 1 is 1.00 bits per heavy atom. The van der Waals surface area contributed by atoms with Crippen molar-refractivity contribution >= 4 is 62.6 Å². The van der Waals surface area contributed by atoms with Gasteiger partial charge in [0.05, 0.1) is 15.5 Å². The van der Waals surface area contributed by atoms with Crippen molar-refractivity contribution in [3.8, 4) is 0 Å². The predicted molar refractivity (Wildman–Crippen MR) is 136 cm³/mol. The van der Waals surface area contributed by atoms with Gasteiger partial charge < -0.3 is 4.57 Å². The molecule has 1 saturated heterocycles. The van der Waals surface area contributed by atoms with E-state index in [1.807, 2.05) is 48.7 Å². The van der Waals surface area contributed by atoms with Crippen LogP contribution in [0.25, 0.3) is 17.0 Å². The van der Waals surface area contributed by atoms with Crippen LogP contribution in [0.5, 0.6) is 0 Å². The highest BCUT2D eigenvalue weighted by atomic mass is 32.2. The average molecular weight is 472 g/mol. The number of carbonyl (C=O) groups excluding carboxylic acids is 1. The summed E-state index contributed by atoms with van der Waals surface area (Å²) < 4.78 is 2.51. The van der Waals surface area contributed by atoms with Gasteiger partial charge in [-0.15, -0.1) is 0 Å². The van der Waals surface area contributed by atoms with Gasteiger partial charge in [-0.3, -0.25) is 19.8 Å². The van der Waals surface area contributed by atoms with Crippen molar-refractivity contribution in [2.24, 2.45) is 0 Å². The van der Waals surface area contributed by atoms with Crippen molar-refractivity contribution in [3.05, 3.63) is 111 Å². The van der Waals surface area contributed by atoms with Crippen molar-refractivity contribution in [1.82, 2.24) is 4.57 Å². The van der Waals surface area contributed by atoms with Crippen LogP contribution in [0.2, 0.25) is 0 Å². The zero-order valence-electron chi connectivity index (χ0n) is 17.3. The van der Waals surface area contributed by atoms with Gasteiger partial charge >= 0.3 is 0 Å². The summed E-state index contributed by atoms with van der Waals surface area (Å²) in [4.78, 5) is 25.7. The number of hydrogen-bond donors (Lipinski definition) is 0. The minimum Gasteiger partial charge on any atom is -0.342 e. The van der Waals surface area contributed by atoms with Crippen molar-refractivity contribution in [2.75, 3.05) is 4.90 Å². The molecule has 33 heavy (non-hydrogen) atoms. The summed E-state index contributed by atoms with van der Waals surface area (Å²) in [6.07, 6.45) is 3.89. The number of amides is 1. The lowest BCUT2D eigenvalue weighted by molar-refractivity contribution is -0.384. The molecule has 1 fully saturated rings. The van der Waals surface area contributed by atoms with E-state index in [4.69, 9.17) is 12.2 Å². The Morgan fingerprint density at radius 2 is 1.76 bits per heavy atom. The maximum Gasteiger partial charge on any atom is 0.271 e. The van der Waals surface area contributed by atoms with E-state index >= 15 is 0 Å². The molecule has 1 amide bonds. The van der Waals surface area contributed by atoms with Crippen molar-refractivity contribution in [3.63, 3.8) is 0 Å². The van der Waals surface area contributed by atoms with E-state index in [-0.39, 0.29) is 11.6 Å². The van der Waals surface area contributed by atoms with Crippen LogP contribution in [0.3, 0.4) is 0 Å². The first kappa shape index (κ1) is 21.1. The highest BCUT2D eigenvalue weighted by Crippen LogP contribution is 2.38. The number of fused-ring (bicyclic) bond motifs is 1. The SMILES string of the molecule is O=C1/C(=C\c2cn(Cc3ccccc3)c3ccccc23)SC(=S)N1c1cccc([N+](=O)[O-])c1. The van der Waals surface area contributed by atoms with Crippen LogP contribution < -0.4 is 4.90 Å². The zero-order valence-corrected chi connectivity index (χ0v) is 18.9. The Labute approximate surface area is 199 Å². The van der Waals surface area contributed by atoms with E-state index in [0.29, 0.717) is 21.5 Å². The van der Waals surface area contributed by atoms with Crippen LogP contribution in [0, 0.1) is 10.1 Å². The molecule has 8 heteroatoms. The number of aromatic nitrogens is 1. The molecule has 0 saturated carbocycles. The number of thiocarbonyl (C=S) groups is 1. The second-order valence-electron chi connectivity index (χ2n) is 7.51. The molecule has 0 radical (unpaired) electrons. The van der Waals surface area contributed by atoms with Crippen LogP contribution in [0.1, 0.15) is 11.1 Å². The molecule has 3 aromatic carbocycles. The lowest BCUT2D eigenvalue weighted by Crippen LogP contribution is -2.27. The highest BCUT2D eigenvalue weighted by molar-refractivity contribution is 8.27. The number of thioether (sulfide) groups is 1. The maximum atomic E-state index is 13.2. The van der Waals surface area contributed by atoms with Crippen LogP contribution in [-0.4, -0.2) is 19.7 Å². The molecule has 0 aliphatic carbocycles. The van der Waals surface area contributed by atoms with E-state index in [1.54, 1.807) is 12.1 Å². The van der Waals surface area contributed by atoms with Crippen molar-refractivity contribution < 1.29 is 9.72 Å². The van der Waals surface area contributed by atoms with Gasteiger partial charge in [-0.05, 0) is 23.8 Å². The third-order valence-corrected chi connectivity index (χ3v) is 6.70. The third-order valence-electron chi connectivity index (χ3n) is 5.39. The van der Waals surface area contributed by atoms with Gasteiger partial charge in [-0.2, -0.15) is 0 Å². The molecule has 4 aromatic rings. The monoisotopic (exact) mass is 471 g/mol. The van der Waals surface area contributed by atoms with Gasteiger partial charge in [0.2, 0.25) is 0 Å². The molecule has 0 unspecified atom stereocenters. The summed E-state index contributed by atoms with van der Waals surface area (Å²) in [7, 11) is 0. The minimum atomic E-state index is -0.488. The van der Waals surface area contributed by atoms with E-state index in [1.165, 1.54) is 34.4 Å². The van der Waals surface area contributed by atoms with Gasteiger partial charge in [-0.25, -0.2) is 0 Å². The molecule has 162 valence electrons. The van der Waals surface area contributed by atoms with E-state index in [9.17, 15) is 14.9 Å². The van der Waals surface area contributed by atoms with Gasteiger partial charge in [0.15, 0.2) is 4.32 Å². The maximum absolute atomic E-state index is 13.2. The summed E-state index contributed by atoms with van der Waals surface area (Å²) in [6, 6.07) is 24.2. The standard InChI is InChI=1S/C25H17N3O3S2/c29-24-23(33-25(32)27(24)19-9-6-10-20(14-19)28(30)31)13-18-16-26(15-17-7-2-1-3-8-17)22-12-5-4-11-21(18)22/h1-14,16H,15H2/b23-13+. The van der Waals surface area contributed by atoms with Crippen LogP contribution in [0.15, 0.2) is 90.0 Å². The lowest BCUT2D eigenvalue weighted by Gasteiger charge is -2.13. The second kappa shape index (κ2) is 8.65. The van der Waals surface area contributed by atoms with Gasteiger partial charge in [-0.1, -0.05) is 78.6 Å². The quantitative estimate of drug-likeness (QED) is 0.154. The Balaban J connectivity index is 1.51. The number of nitro groups is 1. The molecule has 6 nitrogen and oxygen atoms in total. The molecule has 0 bridgehead atoms. The van der Waals surface area contributed by atoms with E-state index in [2.05, 4.69) is 22.8 Å². The fraction of sp³-hybridized carbons (Fsp3) is 0.0400. The van der Waals surface area contributed by atoms with Crippen LogP contribution in [0.4, 0.5) is 11.4 Å². The summed E-state index contributed by atoms with van der Waals surface area (Å²) >= 11 is 6.64. The predicted octanol–water partition coefficient (Wildman–Crippen LogP) is 6.00. The molecule has 0 N–H and O–H groups in total. The molecular weight excluding hydrogens is 454 g/mol. The summed E-state index contributed by atoms with van der Waals surface area (Å²) in [6.45, 7) is 0.712. The Hall–Kier alpha value is -3.75. The number of nitrogens with zero attached hydrogens (tertiary/aromatic N) is 3. The Bertz CT molecular complexity index is 1440. The van der Waals surface area contributed by atoms with Gasteiger partial charge in [0.1, 0.15) is 0 Å².